The van der Waals surface area contributed by atoms with Gasteiger partial charge in [0, 0.05) is 6.04 Å². The lowest BCUT2D eigenvalue weighted by Gasteiger charge is -2.23. The Morgan fingerprint density at radius 2 is 1.68 bits per heavy atom. The van der Waals surface area contributed by atoms with E-state index in [0.29, 0.717) is 6.04 Å². The van der Waals surface area contributed by atoms with Crippen LogP contribution in [0, 0.1) is 5.92 Å². The number of benzene rings is 1. The van der Waals surface area contributed by atoms with Crippen LogP contribution in [0.4, 0.5) is 0 Å². The summed E-state index contributed by atoms with van der Waals surface area (Å²) >= 11 is 0. The zero-order valence-corrected chi connectivity index (χ0v) is 12.4. The Balaban J connectivity index is 1.71. The number of aryl methyl sites for hydroxylation is 1. The summed E-state index contributed by atoms with van der Waals surface area (Å²) in [6.07, 6.45) is 11.9. The van der Waals surface area contributed by atoms with Crippen LogP contribution in [0.5, 0.6) is 0 Å². The minimum absolute atomic E-state index is 0.342. The van der Waals surface area contributed by atoms with Crippen LogP contribution in [-0.2, 0) is 12.8 Å². The van der Waals surface area contributed by atoms with Gasteiger partial charge in [-0.15, -0.1) is 0 Å². The molecule has 2 N–H and O–H groups in total. The minimum atomic E-state index is 0.342. The molecule has 1 unspecified atom stereocenters. The van der Waals surface area contributed by atoms with Crippen molar-refractivity contribution in [3.05, 3.63) is 35.4 Å². The van der Waals surface area contributed by atoms with Crippen LogP contribution in [0.25, 0.3) is 0 Å². The largest absolute Gasteiger partial charge is 0.327 e. The van der Waals surface area contributed by atoms with Crippen molar-refractivity contribution < 1.29 is 0 Å². The summed E-state index contributed by atoms with van der Waals surface area (Å²) in [7, 11) is 0. The van der Waals surface area contributed by atoms with Crippen LogP contribution in [0.3, 0.4) is 0 Å². The van der Waals surface area contributed by atoms with Crippen molar-refractivity contribution in [1.29, 1.82) is 0 Å². The highest BCUT2D eigenvalue weighted by atomic mass is 14.6. The maximum atomic E-state index is 6.29. The first-order chi connectivity index (χ1) is 9.28. The molecule has 1 aliphatic carbocycles. The molecule has 1 aromatic carbocycles. The number of hydrogen-bond donors (Lipinski definition) is 1. The van der Waals surface area contributed by atoms with Crippen LogP contribution in [-0.4, -0.2) is 6.04 Å². The second-order valence-electron chi connectivity index (χ2n) is 6.22. The third-order valence-corrected chi connectivity index (χ3v) is 4.60. The van der Waals surface area contributed by atoms with Gasteiger partial charge < -0.3 is 5.73 Å². The van der Waals surface area contributed by atoms with E-state index in [1.54, 1.807) is 0 Å². The smallest absolute Gasteiger partial charge is 0.00794 e. The van der Waals surface area contributed by atoms with Gasteiger partial charge in [0.1, 0.15) is 0 Å². The monoisotopic (exact) mass is 259 g/mol. The Morgan fingerprint density at radius 1 is 1.05 bits per heavy atom. The highest BCUT2D eigenvalue weighted by molar-refractivity contribution is 5.23. The van der Waals surface area contributed by atoms with Gasteiger partial charge in [-0.05, 0) is 42.7 Å². The fourth-order valence-corrected chi connectivity index (χ4v) is 3.24. The highest BCUT2D eigenvalue weighted by Gasteiger charge is 2.14. The Bertz CT molecular complexity index is 348. The zero-order valence-electron chi connectivity index (χ0n) is 12.4. The Hall–Kier alpha value is -0.820. The van der Waals surface area contributed by atoms with Crippen molar-refractivity contribution in [1.82, 2.24) is 0 Å². The molecule has 0 bridgehead atoms. The van der Waals surface area contributed by atoms with Crippen molar-refractivity contribution in [3.63, 3.8) is 0 Å². The molecule has 0 saturated heterocycles. The molecular weight excluding hydrogens is 230 g/mol. The van der Waals surface area contributed by atoms with Gasteiger partial charge in [0.05, 0.1) is 0 Å². The Morgan fingerprint density at radius 3 is 2.32 bits per heavy atom. The summed E-state index contributed by atoms with van der Waals surface area (Å²) in [5.41, 5.74) is 9.11. The standard InChI is InChI=1S/C18H29N/c1-2-15-8-10-17(11-9-15)14-18(19)13-12-16-6-4-3-5-7-16/h8-11,16,18H,2-7,12-14,19H2,1H3. The van der Waals surface area contributed by atoms with E-state index in [4.69, 9.17) is 5.73 Å². The fraction of sp³-hybridized carbons (Fsp3) is 0.667. The molecule has 0 spiro atoms. The van der Waals surface area contributed by atoms with Gasteiger partial charge in [0.25, 0.3) is 0 Å². The molecule has 1 heteroatoms. The van der Waals surface area contributed by atoms with Gasteiger partial charge in [-0.3, -0.25) is 0 Å². The van der Waals surface area contributed by atoms with Crippen LogP contribution in [0.2, 0.25) is 0 Å². The molecular formula is C18H29N. The maximum Gasteiger partial charge on any atom is 0.00794 e. The van der Waals surface area contributed by atoms with Gasteiger partial charge in [-0.1, -0.05) is 63.3 Å². The van der Waals surface area contributed by atoms with Crippen LogP contribution in [0.1, 0.15) is 63.0 Å². The van der Waals surface area contributed by atoms with Crippen molar-refractivity contribution >= 4 is 0 Å². The van der Waals surface area contributed by atoms with Crippen molar-refractivity contribution in [2.45, 2.75) is 70.8 Å². The molecule has 1 fully saturated rings. The lowest BCUT2D eigenvalue weighted by atomic mass is 9.85. The highest BCUT2D eigenvalue weighted by Crippen LogP contribution is 2.27. The fourth-order valence-electron chi connectivity index (χ4n) is 3.24. The molecule has 0 aliphatic heterocycles. The van der Waals surface area contributed by atoms with E-state index >= 15 is 0 Å². The predicted octanol–water partition coefficient (Wildman–Crippen LogP) is 4.48. The van der Waals surface area contributed by atoms with Gasteiger partial charge in [0.15, 0.2) is 0 Å². The van der Waals surface area contributed by atoms with Crippen LogP contribution in [0.15, 0.2) is 24.3 Å². The van der Waals surface area contributed by atoms with Gasteiger partial charge in [0.2, 0.25) is 0 Å². The molecule has 1 atom stereocenters. The predicted molar refractivity (Wildman–Crippen MR) is 83.3 cm³/mol. The molecule has 0 radical (unpaired) electrons. The SMILES string of the molecule is CCc1ccc(CC(N)CCC2CCCCC2)cc1. The molecule has 19 heavy (non-hydrogen) atoms. The van der Waals surface area contributed by atoms with E-state index in [1.165, 1.54) is 56.1 Å². The first-order valence-electron chi connectivity index (χ1n) is 8.11. The molecule has 1 saturated carbocycles. The summed E-state index contributed by atoms with van der Waals surface area (Å²) in [4.78, 5) is 0. The summed E-state index contributed by atoms with van der Waals surface area (Å²) in [5, 5.41) is 0. The maximum absolute atomic E-state index is 6.29. The van der Waals surface area contributed by atoms with E-state index < -0.39 is 0 Å². The van der Waals surface area contributed by atoms with E-state index in [-0.39, 0.29) is 0 Å². The number of hydrogen-bond acceptors (Lipinski definition) is 1. The van der Waals surface area contributed by atoms with Crippen molar-refractivity contribution in [2.75, 3.05) is 0 Å². The average molecular weight is 259 g/mol. The third-order valence-electron chi connectivity index (χ3n) is 4.60. The van der Waals surface area contributed by atoms with Crippen LogP contribution < -0.4 is 5.73 Å². The van der Waals surface area contributed by atoms with Gasteiger partial charge in [-0.2, -0.15) is 0 Å². The molecule has 0 amide bonds. The van der Waals surface area contributed by atoms with Gasteiger partial charge in [-0.25, -0.2) is 0 Å². The first-order valence-corrected chi connectivity index (χ1v) is 8.11. The summed E-state index contributed by atoms with van der Waals surface area (Å²) in [6.45, 7) is 2.20. The molecule has 0 aromatic heterocycles. The quantitative estimate of drug-likeness (QED) is 0.801. The minimum Gasteiger partial charge on any atom is -0.327 e. The molecule has 1 aromatic rings. The van der Waals surface area contributed by atoms with E-state index in [1.807, 2.05) is 0 Å². The first kappa shape index (κ1) is 14.6. The normalized spacial score (nSPS) is 18.4. The Kier molecular flexibility index (Phi) is 5.91. The van der Waals surface area contributed by atoms with Crippen molar-refractivity contribution in [2.24, 2.45) is 11.7 Å². The van der Waals surface area contributed by atoms with E-state index in [2.05, 4.69) is 31.2 Å². The third kappa shape index (κ3) is 4.99. The van der Waals surface area contributed by atoms with Crippen molar-refractivity contribution in [3.8, 4) is 0 Å². The summed E-state index contributed by atoms with van der Waals surface area (Å²) in [6, 6.07) is 9.32. The molecule has 106 valence electrons. The lowest BCUT2D eigenvalue weighted by Crippen LogP contribution is -2.24. The lowest BCUT2D eigenvalue weighted by molar-refractivity contribution is 0.323. The summed E-state index contributed by atoms with van der Waals surface area (Å²) in [5.74, 6) is 0.960. The molecule has 2 rings (SSSR count). The molecule has 1 aliphatic rings. The van der Waals surface area contributed by atoms with E-state index in [0.717, 1.165) is 18.8 Å². The van der Waals surface area contributed by atoms with E-state index in [9.17, 15) is 0 Å². The summed E-state index contributed by atoms with van der Waals surface area (Å²) < 4.78 is 0. The topological polar surface area (TPSA) is 26.0 Å². The number of nitrogens with two attached hydrogens (primary N) is 1. The molecule has 1 nitrogen and oxygen atoms in total. The average Bonchev–Trinajstić information content (AvgIpc) is 2.47. The molecule has 0 heterocycles. The second kappa shape index (κ2) is 7.69. The number of rotatable bonds is 6. The Labute approximate surface area is 118 Å². The van der Waals surface area contributed by atoms with Crippen LogP contribution >= 0.6 is 0 Å². The zero-order chi connectivity index (χ0) is 13.5. The van der Waals surface area contributed by atoms with Gasteiger partial charge >= 0.3 is 0 Å². The second-order valence-corrected chi connectivity index (χ2v) is 6.22.